The summed E-state index contributed by atoms with van der Waals surface area (Å²) >= 11 is 0. The van der Waals surface area contributed by atoms with E-state index in [0.29, 0.717) is 12.8 Å². The van der Waals surface area contributed by atoms with E-state index in [-0.39, 0.29) is 35.7 Å². The van der Waals surface area contributed by atoms with Gasteiger partial charge in [0.25, 0.3) is 0 Å². The van der Waals surface area contributed by atoms with Crippen molar-refractivity contribution in [1.82, 2.24) is 0 Å². The van der Waals surface area contributed by atoms with Crippen molar-refractivity contribution in [3.8, 4) is 0 Å². The van der Waals surface area contributed by atoms with Crippen molar-refractivity contribution in [2.45, 2.75) is 38.1 Å². The Morgan fingerprint density at radius 1 is 1.32 bits per heavy atom. The molecule has 2 N–H and O–H groups in total. The molecule has 2 aliphatic carbocycles. The van der Waals surface area contributed by atoms with Gasteiger partial charge in [-0.1, -0.05) is 25.7 Å². The fourth-order valence-electron chi connectivity index (χ4n) is 4.06. The van der Waals surface area contributed by atoms with Crippen LogP contribution in [0.15, 0.2) is 24.3 Å². The maximum absolute atomic E-state index is 11.8. The topological polar surface area (TPSA) is 66.8 Å². The van der Waals surface area contributed by atoms with Crippen LogP contribution in [0.5, 0.6) is 0 Å². The minimum absolute atomic E-state index is 0.0604. The third-order valence-electron chi connectivity index (χ3n) is 5.14. The summed E-state index contributed by atoms with van der Waals surface area (Å²) in [5.41, 5.74) is 1.66. The van der Waals surface area contributed by atoms with Gasteiger partial charge in [0.15, 0.2) is 0 Å². The lowest BCUT2D eigenvalue weighted by Gasteiger charge is -2.27. The third-order valence-corrected chi connectivity index (χ3v) is 5.14. The molecule has 4 heteroatoms. The molecule has 7 atom stereocenters. The van der Waals surface area contributed by atoms with Crippen LogP contribution in [0.2, 0.25) is 0 Å². The van der Waals surface area contributed by atoms with Gasteiger partial charge in [0, 0.05) is 11.8 Å². The van der Waals surface area contributed by atoms with Crippen LogP contribution in [0.25, 0.3) is 0 Å². The van der Waals surface area contributed by atoms with Crippen LogP contribution in [0.1, 0.15) is 19.8 Å². The van der Waals surface area contributed by atoms with Gasteiger partial charge in [0.1, 0.15) is 6.10 Å². The second-order valence-electron chi connectivity index (χ2n) is 6.16. The molecule has 0 aromatic rings. The van der Waals surface area contributed by atoms with E-state index in [9.17, 15) is 15.0 Å². The van der Waals surface area contributed by atoms with Gasteiger partial charge < -0.3 is 14.9 Å². The lowest BCUT2D eigenvalue weighted by Crippen LogP contribution is -2.35. The molecule has 0 aromatic heterocycles. The minimum atomic E-state index is -0.602. The van der Waals surface area contributed by atoms with Gasteiger partial charge in [-0.05, 0) is 24.3 Å². The number of aliphatic hydroxyl groups is 2. The molecule has 1 aliphatic heterocycles. The van der Waals surface area contributed by atoms with Crippen molar-refractivity contribution in [1.29, 1.82) is 0 Å². The summed E-state index contributed by atoms with van der Waals surface area (Å²) in [5, 5.41) is 20.4. The van der Waals surface area contributed by atoms with Crippen molar-refractivity contribution in [3.05, 3.63) is 24.3 Å². The summed E-state index contributed by atoms with van der Waals surface area (Å²) in [5.74, 6) is -0.823. The van der Waals surface area contributed by atoms with Crippen molar-refractivity contribution < 1.29 is 19.7 Å². The maximum atomic E-state index is 11.8. The van der Waals surface area contributed by atoms with Crippen LogP contribution in [0, 0.1) is 23.7 Å². The number of hydrogen-bond donors (Lipinski definition) is 2. The van der Waals surface area contributed by atoms with Gasteiger partial charge in [-0.25, -0.2) is 0 Å². The zero-order chi connectivity index (χ0) is 13.9. The summed E-state index contributed by atoms with van der Waals surface area (Å²) in [4.78, 5) is 11.8. The first kappa shape index (κ1) is 12.9. The molecule has 1 saturated heterocycles. The number of carbonyl (C=O) groups is 1. The van der Waals surface area contributed by atoms with E-state index in [1.807, 2.05) is 0 Å². The van der Waals surface area contributed by atoms with Gasteiger partial charge in [0.05, 0.1) is 18.1 Å². The van der Waals surface area contributed by atoms with Gasteiger partial charge in [-0.2, -0.15) is 0 Å². The Morgan fingerprint density at radius 2 is 2.00 bits per heavy atom. The first-order valence-corrected chi connectivity index (χ1v) is 6.84. The highest BCUT2D eigenvalue weighted by molar-refractivity contribution is 5.75. The number of rotatable bonds is 0. The van der Waals surface area contributed by atoms with Crippen molar-refractivity contribution in [2.24, 2.45) is 23.7 Å². The Labute approximate surface area is 112 Å². The lowest BCUT2D eigenvalue weighted by molar-refractivity contribution is -0.145. The van der Waals surface area contributed by atoms with Crippen LogP contribution in [0.4, 0.5) is 0 Å². The van der Waals surface area contributed by atoms with Crippen LogP contribution < -0.4 is 0 Å². The van der Waals surface area contributed by atoms with Gasteiger partial charge in [-0.15, -0.1) is 0 Å². The average Bonchev–Trinajstić information content (AvgIpc) is 2.75. The van der Waals surface area contributed by atoms with Gasteiger partial charge in [0.2, 0.25) is 0 Å². The molecule has 2 saturated carbocycles. The fraction of sp³-hybridized carbons (Fsp3) is 0.667. The molecule has 3 fully saturated rings. The largest absolute Gasteiger partial charge is 0.461 e. The van der Waals surface area contributed by atoms with E-state index in [2.05, 4.69) is 13.2 Å². The van der Waals surface area contributed by atoms with E-state index in [0.717, 1.165) is 11.1 Å². The minimum Gasteiger partial charge on any atom is -0.461 e. The Balaban J connectivity index is 2.03. The van der Waals surface area contributed by atoms with Crippen molar-refractivity contribution in [3.63, 3.8) is 0 Å². The molecule has 104 valence electrons. The molecule has 1 heterocycles. The van der Waals surface area contributed by atoms with E-state index < -0.39 is 12.2 Å². The highest BCUT2D eigenvalue weighted by Crippen LogP contribution is 2.52. The lowest BCUT2D eigenvalue weighted by atomic mass is 9.79. The molecule has 4 nitrogen and oxygen atoms in total. The fourth-order valence-corrected chi connectivity index (χ4v) is 4.06. The van der Waals surface area contributed by atoms with E-state index in [1.165, 1.54) is 0 Å². The number of carbonyl (C=O) groups excluding carboxylic acids is 1. The summed E-state index contributed by atoms with van der Waals surface area (Å²) < 4.78 is 5.50. The van der Waals surface area contributed by atoms with E-state index >= 15 is 0 Å². The standard InChI is InChI=1S/C15H20O4/c1-6-4-11(17)13-8(3)15(18)19-14(13)12-7(2)10(16)5-9(6)12/h8-14,16-17H,1-2,4-5H2,3H3/t8-,9+,10-,11-,12-,13+,14+/m0/s1. The van der Waals surface area contributed by atoms with Gasteiger partial charge in [-0.3, -0.25) is 4.79 Å². The van der Waals surface area contributed by atoms with E-state index in [4.69, 9.17) is 4.74 Å². The predicted octanol–water partition coefficient (Wildman–Crippen LogP) is 1.04. The smallest absolute Gasteiger partial charge is 0.309 e. The number of ether oxygens (including phenoxy) is 1. The SMILES string of the molecule is C=C1C[C@H](O)[C@@H]2[C@H](OC(=O)[C@H]2C)[C@H]2C(=C)[C@@H](O)C[C@H]12. The highest BCUT2D eigenvalue weighted by Gasteiger charge is 2.56. The molecule has 0 aromatic carbocycles. The second-order valence-corrected chi connectivity index (χ2v) is 6.16. The van der Waals surface area contributed by atoms with Crippen LogP contribution >= 0.6 is 0 Å². The second kappa shape index (κ2) is 4.18. The number of hydrogen-bond acceptors (Lipinski definition) is 4. The average molecular weight is 264 g/mol. The monoisotopic (exact) mass is 264 g/mol. The van der Waals surface area contributed by atoms with Crippen molar-refractivity contribution in [2.75, 3.05) is 0 Å². The molecule has 0 spiro atoms. The van der Waals surface area contributed by atoms with Crippen molar-refractivity contribution >= 4 is 5.97 Å². The molecule has 0 bridgehead atoms. The Morgan fingerprint density at radius 3 is 2.68 bits per heavy atom. The molecule has 3 rings (SSSR count). The van der Waals surface area contributed by atoms with Crippen LogP contribution in [-0.4, -0.2) is 34.5 Å². The molecule has 19 heavy (non-hydrogen) atoms. The Kier molecular flexibility index (Phi) is 2.84. The van der Waals surface area contributed by atoms with Crippen LogP contribution in [-0.2, 0) is 9.53 Å². The first-order valence-electron chi connectivity index (χ1n) is 6.84. The summed E-state index contributed by atoms with van der Waals surface area (Å²) in [6, 6.07) is 0. The molecule has 0 amide bonds. The summed E-state index contributed by atoms with van der Waals surface area (Å²) in [6.45, 7) is 9.82. The zero-order valence-electron chi connectivity index (χ0n) is 11.1. The molecular weight excluding hydrogens is 244 g/mol. The summed E-state index contributed by atoms with van der Waals surface area (Å²) in [6.07, 6.45) is -0.480. The number of aliphatic hydroxyl groups excluding tert-OH is 2. The highest BCUT2D eigenvalue weighted by atomic mass is 16.6. The first-order chi connectivity index (χ1) is 8.91. The normalized spacial score (nSPS) is 49.6. The van der Waals surface area contributed by atoms with Crippen LogP contribution in [0.3, 0.4) is 0 Å². The third kappa shape index (κ3) is 1.70. The molecular formula is C15H20O4. The quantitative estimate of drug-likeness (QED) is 0.507. The van der Waals surface area contributed by atoms with Gasteiger partial charge >= 0.3 is 5.97 Å². The Hall–Kier alpha value is -1.13. The number of fused-ring (bicyclic) bond motifs is 3. The molecule has 3 aliphatic rings. The Bertz CT molecular complexity index is 455. The maximum Gasteiger partial charge on any atom is 0.309 e. The zero-order valence-corrected chi connectivity index (χ0v) is 11.1. The summed E-state index contributed by atoms with van der Waals surface area (Å²) in [7, 11) is 0. The molecule has 0 unspecified atom stereocenters. The molecule has 0 radical (unpaired) electrons. The van der Waals surface area contributed by atoms with E-state index in [1.54, 1.807) is 6.92 Å². The predicted molar refractivity (Wildman–Crippen MR) is 69.0 cm³/mol. The number of esters is 1.